The molecule has 0 spiro atoms. The fraction of sp³-hybridized carbons (Fsp3) is 0. The Hall–Kier alpha value is -4.66. The molecule has 4 nitrogen and oxygen atoms in total. The molecule has 0 amide bonds. The SMILES string of the molecule is O=[PH](c1ccccc1)c1ccccc1.O=[PH](c1ccccc1)c1ccccc1.O=[PH](c1ccccc1)c1ccccc1.O=[PH](c1ccccc1)c1ccccc1.[Pd]. The van der Waals surface area contributed by atoms with Crippen molar-refractivity contribution in [2.75, 3.05) is 0 Å². The smallest absolute Gasteiger partial charge is 0.131 e. The number of rotatable bonds is 8. The molecule has 290 valence electrons. The van der Waals surface area contributed by atoms with Gasteiger partial charge in [0.05, 0.1) is 0 Å². The average Bonchev–Trinajstić information content (AvgIpc) is 3.31. The molecule has 0 saturated heterocycles. The standard InChI is InChI=1S/4C12H11OP.Pd/c4*13-14(11-7-3-1-4-8-11)12-9-5-2-6-10-12;/h4*1-10,14H;. The predicted octanol–water partition coefficient (Wildman–Crippen LogP) is 8.79. The van der Waals surface area contributed by atoms with Crippen LogP contribution in [0.4, 0.5) is 0 Å². The molecule has 8 rings (SSSR count). The second-order valence-electron chi connectivity index (χ2n) is 12.2. The fourth-order valence-corrected chi connectivity index (χ4v) is 10.7. The maximum atomic E-state index is 12.0. The first-order valence-electron chi connectivity index (χ1n) is 18.1. The Morgan fingerprint density at radius 1 is 0.175 bits per heavy atom. The third-order valence-corrected chi connectivity index (χ3v) is 15.1. The molecule has 9 heteroatoms. The molecule has 8 aromatic carbocycles. The monoisotopic (exact) mass is 914 g/mol. The van der Waals surface area contributed by atoms with E-state index in [0.29, 0.717) is 0 Å². The summed E-state index contributed by atoms with van der Waals surface area (Å²) in [6.07, 6.45) is 0. The maximum absolute atomic E-state index is 12.0. The third-order valence-electron chi connectivity index (χ3n) is 8.29. The van der Waals surface area contributed by atoms with Gasteiger partial charge < -0.3 is 18.3 Å². The van der Waals surface area contributed by atoms with Gasteiger partial charge in [-0.3, -0.25) is 0 Å². The van der Waals surface area contributed by atoms with Crippen molar-refractivity contribution in [1.29, 1.82) is 0 Å². The van der Waals surface area contributed by atoms with Gasteiger partial charge >= 0.3 is 0 Å². The molecule has 0 aromatic heterocycles. The molecule has 57 heavy (non-hydrogen) atoms. The van der Waals surface area contributed by atoms with E-state index in [0.717, 1.165) is 42.4 Å². The molecular weight excluding hydrogens is 871 g/mol. The normalized spacial score (nSPS) is 10.2. The zero-order valence-corrected chi connectivity index (χ0v) is 36.6. The summed E-state index contributed by atoms with van der Waals surface area (Å²) < 4.78 is 48.1. The Morgan fingerprint density at radius 2 is 0.263 bits per heavy atom. The van der Waals surface area contributed by atoms with Crippen molar-refractivity contribution in [2.45, 2.75) is 0 Å². The summed E-state index contributed by atoms with van der Waals surface area (Å²) in [7, 11) is -7.18. The number of benzene rings is 8. The second kappa shape index (κ2) is 25.6. The van der Waals surface area contributed by atoms with Crippen molar-refractivity contribution >= 4 is 73.6 Å². The van der Waals surface area contributed by atoms with Crippen LogP contribution in [0, 0.1) is 0 Å². The summed E-state index contributed by atoms with van der Waals surface area (Å²) in [6.45, 7) is 0. The van der Waals surface area contributed by atoms with Crippen molar-refractivity contribution in [3.05, 3.63) is 243 Å². The summed E-state index contributed by atoms with van der Waals surface area (Å²) >= 11 is 0. The van der Waals surface area contributed by atoms with Gasteiger partial charge in [0, 0.05) is 62.9 Å². The molecule has 0 N–H and O–H groups in total. The van der Waals surface area contributed by atoms with Gasteiger partial charge in [-0.1, -0.05) is 243 Å². The fourth-order valence-electron chi connectivity index (χ4n) is 5.38. The van der Waals surface area contributed by atoms with Crippen LogP contribution in [-0.2, 0) is 38.7 Å². The predicted molar refractivity (Wildman–Crippen MR) is 245 cm³/mol. The van der Waals surface area contributed by atoms with E-state index in [-0.39, 0.29) is 20.4 Å². The van der Waals surface area contributed by atoms with Crippen molar-refractivity contribution in [2.24, 2.45) is 0 Å². The van der Waals surface area contributed by atoms with E-state index in [4.69, 9.17) is 0 Å². The van der Waals surface area contributed by atoms with Gasteiger partial charge in [0.2, 0.25) is 0 Å². The maximum Gasteiger partial charge on any atom is 0.131 e. The summed E-state index contributed by atoms with van der Waals surface area (Å²) in [6, 6.07) is 76.7. The molecule has 0 radical (unpaired) electrons. The van der Waals surface area contributed by atoms with Crippen LogP contribution >= 0.6 is 31.2 Å². The van der Waals surface area contributed by atoms with Gasteiger partial charge in [0.25, 0.3) is 0 Å². The third kappa shape index (κ3) is 15.0. The molecule has 0 fully saturated rings. The Balaban J connectivity index is 0.000000167. The molecule has 0 aliphatic rings. The van der Waals surface area contributed by atoms with Crippen molar-refractivity contribution in [3.63, 3.8) is 0 Å². The minimum Gasteiger partial charge on any atom is -0.317 e. The van der Waals surface area contributed by atoms with E-state index >= 15 is 0 Å². The first-order chi connectivity index (χ1) is 27.5. The molecule has 0 unspecified atom stereocenters. The van der Waals surface area contributed by atoms with Gasteiger partial charge in [-0.25, -0.2) is 0 Å². The van der Waals surface area contributed by atoms with Crippen molar-refractivity contribution in [1.82, 2.24) is 0 Å². The van der Waals surface area contributed by atoms with Crippen molar-refractivity contribution in [3.8, 4) is 0 Å². The molecule has 0 saturated carbocycles. The minimum atomic E-state index is -1.79. The minimum absolute atomic E-state index is 0. The van der Waals surface area contributed by atoms with Gasteiger partial charge in [-0.15, -0.1) is 0 Å². The molecule has 0 aliphatic heterocycles. The summed E-state index contributed by atoms with van der Waals surface area (Å²) in [5.74, 6) is 0. The first kappa shape index (κ1) is 45.0. The largest absolute Gasteiger partial charge is 0.317 e. The number of hydrogen-bond acceptors (Lipinski definition) is 4. The van der Waals surface area contributed by atoms with E-state index in [2.05, 4.69) is 0 Å². The summed E-state index contributed by atoms with van der Waals surface area (Å²) in [5, 5.41) is 7.36. The van der Waals surface area contributed by atoms with Crippen molar-refractivity contribution < 1.29 is 38.7 Å². The molecule has 0 bridgehead atoms. The van der Waals surface area contributed by atoms with Crippen LogP contribution in [0.5, 0.6) is 0 Å². The summed E-state index contributed by atoms with van der Waals surface area (Å²) in [5.41, 5.74) is 0. The molecule has 0 heterocycles. The molecular formula is C48H44O4P4Pd. The zero-order valence-electron chi connectivity index (χ0n) is 31.0. The zero-order chi connectivity index (χ0) is 39.2. The number of hydrogen-bond donors (Lipinski definition) is 0. The quantitative estimate of drug-likeness (QED) is 0.113. The van der Waals surface area contributed by atoms with E-state index in [9.17, 15) is 18.3 Å². The Labute approximate surface area is 352 Å². The Bertz CT molecular complexity index is 1880. The van der Waals surface area contributed by atoms with Crippen LogP contribution in [0.1, 0.15) is 0 Å². The van der Waals surface area contributed by atoms with Crippen LogP contribution < -0.4 is 42.4 Å². The second-order valence-corrected chi connectivity index (χ2v) is 19.5. The van der Waals surface area contributed by atoms with Gasteiger partial charge in [0.1, 0.15) is 31.2 Å². The van der Waals surface area contributed by atoms with E-state index in [1.165, 1.54) is 0 Å². The van der Waals surface area contributed by atoms with E-state index < -0.39 is 31.2 Å². The van der Waals surface area contributed by atoms with E-state index in [1.54, 1.807) is 0 Å². The molecule has 8 aromatic rings. The van der Waals surface area contributed by atoms with Gasteiger partial charge in [-0.2, -0.15) is 0 Å². The Kier molecular flexibility index (Phi) is 20.2. The molecule has 0 aliphatic carbocycles. The van der Waals surface area contributed by atoms with Crippen LogP contribution in [0.3, 0.4) is 0 Å². The first-order valence-corrected chi connectivity index (χ1v) is 23.7. The average molecular weight is 915 g/mol. The summed E-state index contributed by atoms with van der Waals surface area (Å²) in [4.78, 5) is 0. The van der Waals surface area contributed by atoms with E-state index in [1.807, 2.05) is 243 Å². The van der Waals surface area contributed by atoms with Crippen LogP contribution in [0.15, 0.2) is 243 Å². The van der Waals surface area contributed by atoms with Gasteiger partial charge in [0.15, 0.2) is 0 Å². The van der Waals surface area contributed by atoms with Crippen LogP contribution in [0.25, 0.3) is 0 Å². The van der Waals surface area contributed by atoms with Crippen LogP contribution in [-0.4, -0.2) is 0 Å². The van der Waals surface area contributed by atoms with Gasteiger partial charge in [-0.05, 0) is 0 Å². The topological polar surface area (TPSA) is 68.3 Å². The Morgan fingerprint density at radius 3 is 0.351 bits per heavy atom. The molecule has 0 atom stereocenters. The van der Waals surface area contributed by atoms with Crippen LogP contribution in [0.2, 0.25) is 0 Å².